The molecule has 2 unspecified atom stereocenters. The molecule has 0 aromatic rings. The monoisotopic (exact) mass is 972 g/mol. The summed E-state index contributed by atoms with van der Waals surface area (Å²) in [6, 6.07) is -0.546. The van der Waals surface area contributed by atoms with E-state index in [4.69, 9.17) is 4.74 Å². The number of hydrogen-bond donors (Lipinski definition) is 3. The quantitative estimate of drug-likeness (QED) is 0.0321. The van der Waals surface area contributed by atoms with Crippen molar-refractivity contribution < 1.29 is 24.5 Å². The Kier molecular flexibility index (Phi) is 57.5. The van der Waals surface area contributed by atoms with Gasteiger partial charge in [-0.2, -0.15) is 0 Å². The second kappa shape index (κ2) is 58.9. The van der Waals surface area contributed by atoms with Crippen molar-refractivity contribution >= 4 is 11.9 Å². The van der Waals surface area contributed by atoms with Gasteiger partial charge in [-0.3, -0.25) is 9.59 Å². The van der Waals surface area contributed by atoms with Crippen LogP contribution in [0.15, 0.2) is 24.3 Å². The van der Waals surface area contributed by atoms with Crippen LogP contribution in [-0.2, 0) is 14.3 Å². The Morgan fingerprint density at radius 3 is 1.13 bits per heavy atom. The first-order valence-electron chi connectivity index (χ1n) is 31.1. The number of allylic oxidation sites excluding steroid dienone is 4. The number of unbranched alkanes of at least 4 members (excludes halogenated alkanes) is 43. The molecule has 0 rings (SSSR count). The zero-order valence-corrected chi connectivity index (χ0v) is 46.6. The maximum absolute atomic E-state index is 12.5. The Balaban J connectivity index is 3.41. The van der Waals surface area contributed by atoms with Crippen molar-refractivity contribution in [2.75, 3.05) is 13.2 Å². The normalized spacial score (nSPS) is 12.7. The van der Waals surface area contributed by atoms with Crippen molar-refractivity contribution in [2.45, 2.75) is 353 Å². The van der Waals surface area contributed by atoms with E-state index in [1.54, 1.807) is 0 Å². The van der Waals surface area contributed by atoms with Crippen LogP contribution in [0.1, 0.15) is 341 Å². The highest BCUT2D eigenvalue weighted by Gasteiger charge is 2.20. The van der Waals surface area contributed by atoms with Crippen LogP contribution in [0, 0.1) is 0 Å². The topological polar surface area (TPSA) is 95.9 Å². The van der Waals surface area contributed by atoms with Gasteiger partial charge in [-0.15, -0.1) is 0 Å². The van der Waals surface area contributed by atoms with E-state index >= 15 is 0 Å². The first kappa shape index (κ1) is 67.3. The maximum atomic E-state index is 12.5. The molecular weight excluding hydrogens is 851 g/mol. The van der Waals surface area contributed by atoms with Crippen LogP contribution in [0.4, 0.5) is 0 Å². The molecule has 0 spiro atoms. The van der Waals surface area contributed by atoms with E-state index < -0.39 is 12.1 Å². The standard InChI is InChI=1S/C63H121NO5/c1-3-5-7-9-11-13-15-17-19-21-24-27-31-35-39-43-47-51-55-61(66)60(59-65)64-62(67)56-52-48-44-40-36-32-28-25-22-26-30-34-38-42-46-50-54-58-69-63(68)57-53-49-45-41-37-33-29-23-20-18-16-14-12-10-8-6-4-2/h12,14,18,20,60-61,65-66H,3-11,13,15-17,19,21-59H2,1-2H3,(H,64,67)/b14-12-,20-18-. The molecule has 1 amide bonds. The summed E-state index contributed by atoms with van der Waals surface area (Å²) in [4.78, 5) is 24.6. The van der Waals surface area contributed by atoms with Gasteiger partial charge >= 0.3 is 5.97 Å². The van der Waals surface area contributed by atoms with E-state index in [-0.39, 0.29) is 18.5 Å². The lowest BCUT2D eigenvalue weighted by Gasteiger charge is -2.22. The lowest BCUT2D eigenvalue weighted by Crippen LogP contribution is -2.45. The predicted molar refractivity (Wildman–Crippen MR) is 301 cm³/mol. The van der Waals surface area contributed by atoms with E-state index in [1.807, 2.05) is 0 Å². The summed E-state index contributed by atoms with van der Waals surface area (Å²) in [5.41, 5.74) is 0. The predicted octanol–water partition coefficient (Wildman–Crippen LogP) is 19.4. The number of carbonyl (C=O) groups excluding carboxylic acids is 2. The van der Waals surface area contributed by atoms with E-state index in [9.17, 15) is 19.8 Å². The second-order valence-corrected chi connectivity index (χ2v) is 21.4. The summed E-state index contributed by atoms with van der Waals surface area (Å²) >= 11 is 0. The van der Waals surface area contributed by atoms with Gasteiger partial charge in [-0.1, -0.05) is 295 Å². The number of amides is 1. The van der Waals surface area contributed by atoms with Crippen LogP contribution < -0.4 is 5.32 Å². The number of nitrogens with one attached hydrogen (secondary N) is 1. The smallest absolute Gasteiger partial charge is 0.305 e. The molecule has 3 N–H and O–H groups in total. The van der Waals surface area contributed by atoms with E-state index in [0.717, 1.165) is 51.4 Å². The number of hydrogen-bond acceptors (Lipinski definition) is 5. The highest BCUT2D eigenvalue weighted by atomic mass is 16.5. The van der Waals surface area contributed by atoms with Crippen molar-refractivity contribution in [3.63, 3.8) is 0 Å². The molecule has 0 aliphatic rings. The molecule has 0 aromatic carbocycles. The Morgan fingerprint density at radius 1 is 0.406 bits per heavy atom. The zero-order valence-electron chi connectivity index (χ0n) is 46.6. The van der Waals surface area contributed by atoms with Crippen LogP contribution in [-0.4, -0.2) is 47.4 Å². The average molecular weight is 973 g/mol. The van der Waals surface area contributed by atoms with Gasteiger partial charge in [0.15, 0.2) is 0 Å². The van der Waals surface area contributed by atoms with Crippen LogP contribution in [0.25, 0.3) is 0 Å². The third kappa shape index (κ3) is 55.5. The maximum Gasteiger partial charge on any atom is 0.305 e. The van der Waals surface area contributed by atoms with E-state index in [0.29, 0.717) is 25.9 Å². The van der Waals surface area contributed by atoms with E-state index in [1.165, 1.54) is 257 Å². The SMILES string of the molecule is CCCCC/C=C\C/C=C\CCCCCCCCCC(=O)OCCCCCCCCCCCCCCCCCCCC(=O)NC(CO)C(O)CCCCCCCCCCCCCCCCCCCC. The van der Waals surface area contributed by atoms with Crippen LogP contribution in [0.5, 0.6) is 0 Å². The molecule has 0 saturated carbocycles. The Bertz CT molecular complexity index is 1080. The summed E-state index contributed by atoms with van der Waals surface area (Å²) in [5.74, 6) is -0.0394. The van der Waals surface area contributed by atoms with Crippen molar-refractivity contribution in [3.05, 3.63) is 24.3 Å². The highest BCUT2D eigenvalue weighted by molar-refractivity contribution is 5.76. The fourth-order valence-electron chi connectivity index (χ4n) is 9.73. The van der Waals surface area contributed by atoms with Crippen molar-refractivity contribution in [2.24, 2.45) is 0 Å². The Hall–Kier alpha value is -1.66. The fraction of sp³-hybridized carbons (Fsp3) is 0.905. The fourth-order valence-corrected chi connectivity index (χ4v) is 9.73. The third-order valence-electron chi connectivity index (χ3n) is 14.5. The molecular formula is C63H121NO5. The lowest BCUT2D eigenvalue weighted by molar-refractivity contribution is -0.143. The molecule has 0 heterocycles. The summed E-state index contributed by atoms with van der Waals surface area (Å²) in [7, 11) is 0. The van der Waals surface area contributed by atoms with Gasteiger partial charge in [0.25, 0.3) is 0 Å². The molecule has 0 radical (unpaired) electrons. The minimum Gasteiger partial charge on any atom is -0.466 e. The molecule has 69 heavy (non-hydrogen) atoms. The molecule has 0 aliphatic heterocycles. The van der Waals surface area contributed by atoms with Crippen molar-refractivity contribution in [3.8, 4) is 0 Å². The average Bonchev–Trinajstić information content (AvgIpc) is 3.35. The number of rotatable bonds is 58. The zero-order chi connectivity index (χ0) is 50.0. The Morgan fingerprint density at radius 2 is 0.725 bits per heavy atom. The summed E-state index contributed by atoms with van der Waals surface area (Å²) in [5, 5.41) is 23.3. The summed E-state index contributed by atoms with van der Waals surface area (Å²) in [6.07, 6.45) is 71.7. The molecule has 0 aliphatic carbocycles. The first-order valence-corrected chi connectivity index (χ1v) is 31.1. The van der Waals surface area contributed by atoms with Crippen molar-refractivity contribution in [1.82, 2.24) is 5.32 Å². The van der Waals surface area contributed by atoms with Gasteiger partial charge in [0, 0.05) is 12.8 Å². The van der Waals surface area contributed by atoms with Crippen molar-refractivity contribution in [1.29, 1.82) is 0 Å². The minimum atomic E-state index is -0.669. The summed E-state index contributed by atoms with van der Waals surface area (Å²) in [6.45, 7) is 4.94. The largest absolute Gasteiger partial charge is 0.466 e. The number of ether oxygens (including phenoxy) is 1. The number of aliphatic hydroxyl groups is 2. The molecule has 408 valence electrons. The van der Waals surface area contributed by atoms with Crippen LogP contribution in [0.2, 0.25) is 0 Å². The molecule has 2 atom stereocenters. The van der Waals surface area contributed by atoms with Gasteiger partial charge in [0.2, 0.25) is 5.91 Å². The van der Waals surface area contributed by atoms with Gasteiger partial charge in [-0.25, -0.2) is 0 Å². The number of esters is 1. The highest BCUT2D eigenvalue weighted by Crippen LogP contribution is 2.18. The van der Waals surface area contributed by atoms with Gasteiger partial charge in [0.05, 0.1) is 25.4 Å². The molecule has 6 nitrogen and oxygen atoms in total. The van der Waals surface area contributed by atoms with Crippen LogP contribution >= 0.6 is 0 Å². The van der Waals surface area contributed by atoms with Gasteiger partial charge < -0.3 is 20.3 Å². The minimum absolute atomic E-state index is 0.00167. The molecule has 0 fully saturated rings. The molecule has 0 aromatic heterocycles. The number of aliphatic hydroxyl groups excluding tert-OH is 2. The Labute approximate surface area is 431 Å². The van der Waals surface area contributed by atoms with Gasteiger partial charge in [0.1, 0.15) is 0 Å². The number of carbonyl (C=O) groups is 2. The second-order valence-electron chi connectivity index (χ2n) is 21.4. The third-order valence-corrected chi connectivity index (χ3v) is 14.5. The van der Waals surface area contributed by atoms with Crippen LogP contribution in [0.3, 0.4) is 0 Å². The van der Waals surface area contributed by atoms with E-state index in [2.05, 4.69) is 43.5 Å². The molecule has 0 saturated heterocycles. The first-order chi connectivity index (χ1) is 34.0. The lowest BCUT2D eigenvalue weighted by atomic mass is 10.0. The van der Waals surface area contributed by atoms with Gasteiger partial charge in [-0.05, 0) is 57.8 Å². The molecule has 6 heteroatoms. The summed E-state index contributed by atoms with van der Waals surface area (Å²) < 4.78 is 5.49. The molecule has 0 bridgehead atoms.